The lowest BCUT2D eigenvalue weighted by Gasteiger charge is -2.36. The zero-order chi connectivity index (χ0) is 21.6. The quantitative estimate of drug-likeness (QED) is 0.625. The maximum absolute atomic E-state index is 13.3. The summed E-state index contributed by atoms with van der Waals surface area (Å²) < 4.78 is 32.5. The first-order chi connectivity index (χ1) is 14.2. The van der Waals surface area contributed by atoms with Gasteiger partial charge in [0.1, 0.15) is 10.6 Å². The van der Waals surface area contributed by atoms with Gasteiger partial charge in [0.25, 0.3) is 0 Å². The van der Waals surface area contributed by atoms with Gasteiger partial charge >= 0.3 is 0 Å². The van der Waals surface area contributed by atoms with Crippen molar-refractivity contribution >= 4 is 26.7 Å². The summed E-state index contributed by atoms with van der Waals surface area (Å²) in [6.45, 7) is 8.63. The Morgan fingerprint density at radius 2 is 1.80 bits per heavy atom. The van der Waals surface area contributed by atoms with E-state index in [9.17, 15) is 13.2 Å². The molecule has 0 bridgehead atoms. The normalized spacial score (nSPS) is 17.5. The first kappa shape index (κ1) is 20.8. The maximum Gasteiger partial charge on any atom is 0.248 e. The molecule has 0 saturated carbocycles. The molecule has 1 aliphatic heterocycles. The van der Waals surface area contributed by atoms with Gasteiger partial charge in [-0.1, -0.05) is 23.4 Å². The summed E-state index contributed by atoms with van der Waals surface area (Å²) in [5.74, 6) is 0.347. The summed E-state index contributed by atoms with van der Waals surface area (Å²) in [7, 11) is -3.67. The van der Waals surface area contributed by atoms with Crippen molar-refractivity contribution in [3.8, 4) is 0 Å². The SMILES string of the molecule is Cc1noc(C)c1S(=O)(=O)N1CCN([C@H](C)C(=O)c2c(C)[nH]c3ccccc23)CC1. The zero-order valence-corrected chi connectivity index (χ0v) is 18.4. The van der Waals surface area contributed by atoms with Crippen LogP contribution in [0.4, 0.5) is 0 Å². The lowest BCUT2D eigenvalue weighted by molar-refractivity contribution is 0.0783. The minimum Gasteiger partial charge on any atom is -0.360 e. The smallest absolute Gasteiger partial charge is 0.248 e. The summed E-state index contributed by atoms with van der Waals surface area (Å²) in [5, 5.41) is 4.69. The molecule has 0 aliphatic carbocycles. The van der Waals surface area contributed by atoms with E-state index in [1.807, 2.05) is 43.0 Å². The van der Waals surface area contributed by atoms with E-state index in [-0.39, 0.29) is 16.7 Å². The van der Waals surface area contributed by atoms with Crippen molar-refractivity contribution in [2.45, 2.75) is 38.6 Å². The number of ketones is 1. The molecule has 4 rings (SSSR count). The molecule has 30 heavy (non-hydrogen) atoms. The van der Waals surface area contributed by atoms with Gasteiger partial charge in [0, 0.05) is 48.3 Å². The highest BCUT2D eigenvalue weighted by molar-refractivity contribution is 7.89. The van der Waals surface area contributed by atoms with E-state index in [0.29, 0.717) is 43.2 Å². The fourth-order valence-electron chi connectivity index (χ4n) is 4.27. The Hall–Kier alpha value is -2.49. The molecule has 0 spiro atoms. The zero-order valence-electron chi connectivity index (χ0n) is 17.6. The van der Waals surface area contributed by atoms with Crippen LogP contribution >= 0.6 is 0 Å². The molecule has 9 heteroatoms. The number of nitrogens with one attached hydrogen (secondary N) is 1. The number of carbonyl (C=O) groups is 1. The Labute approximate surface area is 175 Å². The number of sulfonamides is 1. The van der Waals surface area contributed by atoms with Crippen molar-refractivity contribution in [1.29, 1.82) is 0 Å². The number of nitrogens with zero attached hydrogens (tertiary/aromatic N) is 3. The van der Waals surface area contributed by atoms with Crippen molar-refractivity contribution in [2.24, 2.45) is 0 Å². The third-order valence-corrected chi connectivity index (χ3v) is 8.05. The summed E-state index contributed by atoms with van der Waals surface area (Å²) in [5.41, 5.74) is 2.88. The van der Waals surface area contributed by atoms with Crippen LogP contribution in [0, 0.1) is 20.8 Å². The molecule has 1 N–H and O–H groups in total. The van der Waals surface area contributed by atoms with Crippen LogP contribution in [0.2, 0.25) is 0 Å². The van der Waals surface area contributed by atoms with Crippen LogP contribution in [0.3, 0.4) is 0 Å². The van der Waals surface area contributed by atoms with Crippen LogP contribution in [-0.4, -0.2) is 65.8 Å². The molecular formula is C21H26N4O4S. The van der Waals surface area contributed by atoms with Gasteiger partial charge in [0.05, 0.1) is 6.04 Å². The van der Waals surface area contributed by atoms with Gasteiger partial charge in [-0.2, -0.15) is 4.31 Å². The van der Waals surface area contributed by atoms with Crippen LogP contribution in [-0.2, 0) is 10.0 Å². The molecule has 3 heterocycles. The van der Waals surface area contributed by atoms with Crippen LogP contribution in [0.1, 0.15) is 34.4 Å². The largest absolute Gasteiger partial charge is 0.360 e. The number of H-pyrrole nitrogens is 1. The number of aromatic nitrogens is 2. The van der Waals surface area contributed by atoms with Gasteiger partial charge in [-0.15, -0.1) is 0 Å². The van der Waals surface area contributed by atoms with Gasteiger partial charge in [0.15, 0.2) is 11.5 Å². The minimum atomic E-state index is -3.67. The van der Waals surface area contributed by atoms with E-state index >= 15 is 0 Å². The molecule has 8 nitrogen and oxygen atoms in total. The third-order valence-electron chi connectivity index (χ3n) is 5.91. The average molecular weight is 431 g/mol. The molecule has 1 aliphatic rings. The monoisotopic (exact) mass is 430 g/mol. The van der Waals surface area contributed by atoms with Crippen molar-refractivity contribution in [1.82, 2.24) is 19.3 Å². The highest BCUT2D eigenvalue weighted by Gasteiger charge is 2.35. The molecule has 0 radical (unpaired) electrons. The van der Waals surface area contributed by atoms with Gasteiger partial charge in [-0.3, -0.25) is 9.69 Å². The van der Waals surface area contributed by atoms with Crippen LogP contribution in [0.15, 0.2) is 33.7 Å². The second-order valence-corrected chi connectivity index (χ2v) is 9.68. The van der Waals surface area contributed by atoms with Gasteiger partial charge in [-0.05, 0) is 33.8 Å². The molecule has 1 aromatic carbocycles. The Bertz CT molecular complexity index is 1180. The lowest BCUT2D eigenvalue weighted by Crippen LogP contribution is -2.53. The van der Waals surface area contributed by atoms with E-state index < -0.39 is 10.0 Å². The standard InChI is InChI=1S/C21H26N4O4S/c1-13-19(17-7-5-6-8-18(17)22-13)20(26)15(3)24-9-11-25(12-10-24)30(27,28)21-14(2)23-29-16(21)4/h5-8,15,22H,9-12H2,1-4H3/t15-/m1/s1. The van der Waals surface area contributed by atoms with Crippen molar-refractivity contribution in [3.05, 3.63) is 47.0 Å². The van der Waals surface area contributed by atoms with Crippen molar-refractivity contribution in [3.63, 3.8) is 0 Å². The second kappa shape index (κ2) is 7.64. The fourth-order valence-corrected chi connectivity index (χ4v) is 5.99. The van der Waals surface area contributed by atoms with Gasteiger partial charge in [0.2, 0.25) is 10.0 Å². The van der Waals surface area contributed by atoms with E-state index in [0.717, 1.165) is 16.6 Å². The predicted octanol–water partition coefficient (Wildman–Crippen LogP) is 2.66. The van der Waals surface area contributed by atoms with Crippen molar-refractivity contribution < 1.29 is 17.7 Å². The van der Waals surface area contributed by atoms with Crippen LogP contribution in [0.25, 0.3) is 10.9 Å². The molecular weight excluding hydrogens is 404 g/mol. The first-order valence-electron chi connectivity index (χ1n) is 10.0. The first-order valence-corrected chi connectivity index (χ1v) is 11.4. The second-order valence-electron chi connectivity index (χ2n) is 7.80. The molecule has 1 atom stereocenters. The third kappa shape index (κ3) is 3.36. The highest BCUT2D eigenvalue weighted by Crippen LogP contribution is 2.27. The van der Waals surface area contributed by atoms with E-state index in [2.05, 4.69) is 10.1 Å². The summed E-state index contributed by atoms with van der Waals surface area (Å²) >= 11 is 0. The van der Waals surface area contributed by atoms with Crippen LogP contribution < -0.4 is 0 Å². The number of rotatable bonds is 5. The molecule has 160 valence electrons. The number of aromatic amines is 1. The number of hydrogen-bond donors (Lipinski definition) is 1. The Morgan fingerprint density at radius 1 is 1.13 bits per heavy atom. The summed E-state index contributed by atoms with van der Waals surface area (Å²) in [4.78, 5) is 18.7. The van der Waals surface area contributed by atoms with E-state index in [4.69, 9.17) is 4.52 Å². The highest BCUT2D eigenvalue weighted by atomic mass is 32.2. The molecule has 0 unspecified atom stereocenters. The number of para-hydroxylation sites is 1. The van der Waals surface area contributed by atoms with E-state index in [1.54, 1.807) is 13.8 Å². The number of aryl methyl sites for hydroxylation is 3. The number of piperazine rings is 1. The molecule has 2 aromatic heterocycles. The molecule has 0 amide bonds. The van der Waals surface area contributed by atoms with E-state index in [1.165, 1.54) is 4.31 Å². The Balaban J connectivity index is 1.50. The van der Waals surface area contributed by atoms with Crippen LogP contribution in [0.5, 0.6) is 0 Å². The summed E-state index contributed by atoms with van der Waals surface area (Å²) in [6, 6.07) is 7.44. The number of benzene rings is 1. The topological polar surface area (TPSA) is 99.5 Å². The maximum atomic E-state index is 13.3. The van der Waals surface area contributed by atoms with Crippen molar-refractivity contribution in [2.75, 3.05) is 26.2 Å². The number of carbonyl (C=O) groups excluding carboxylic acids is 1. The fraction of sp³-hybridized carbons (Fsp3) is 0.429. The predicted molar refractivity (Wildman–Crippen MR) is 113 cm³/mol. The molecule has 3 aromatic rings. The molecule has 1 saturated heterocycles. The average Bonchev–Trinajstić information content (AvgIpc) is 3.25. The Morgan fingerprint density at radius 3 is 2.43 bits per heavy atom. The minimum absolute atomic E-state index is 0.0481. The Kier molecular flexibility index (Phi) is 5.29. The number of hydrogen-bond acceptors (Lipinski definition) is 6. The van der Waals surface area contributed by atoms with Gasteiger partial charge in [-0.25, -0.2) is 8.42 Å². The molecule has 1 fully saturated rings. The number of fused-ring (bicyclic) bond motifs is 1. The number of Topliss-reactive ketones (excluding diaryl/α,β-unsaturated/α-hetero) is 1. The lowest BCUT2D eigenvalue weighted by atomic mass is 10.0. The summed E-state index contributed by atoms with van der Waals surface area (Å²) in [6.07, 6.45) is 0. The van der Waals surface area contributed by atoms with Gasteiger partial charge < -0.3 is 9.51 Å².